The second kappa shape index (κ2) is 6.51. The summed E-state index contributed by atoms with van der Waals surface area (Å²) >= 11 is 0. The number of nitrogens with one attached hydrogen (secondary N) is 2. The van der Waals surface area contributed by atoms with Gasteiger partial charge in [0.15, 0.2) is 17.3 Å². The Kier molecular flexibility index (Phi) is 3.94. The summed E-state index contributed by atoms with van der Waals surface area (Å²) < 4.78 is 1.60. The second-order valence-corrected chi connectivity index (χ2v) is 7.66. The average molecular weight is 387 g/mol. The molecule has 8 heteroatoms. The molecule has 0 spiro atoms. The van der Waals surface area contributed by atoms with Gasteiger partial charge in [0.25, 0.3) is 0 Å². The van der Waals surface area contributed by atoms with Gasteiger partial charge in [0.1, 0.15) is 5.52 Å². The van der Waals surface area contributed by atoms with E-state index in [1.165, 1.54) is 12.8 Å². The summed E-state index contributed by atoms with van der Waals surface area (Å²) in [4.78, 5) is 37.0. The van der Waals surface area contributed by atoms with Crippen molar-refractivity contribution in [1.29, 1.82) is 0 Å². The van der Waals surface area contributed by atoms with Crippen LogP contribution in [0.15, 0.2) is 35.9 Å². The van der Waals surface area contributed by atoms with Crippen LogP contribution in [0.4, 0.5) is 0 Å². The third-order valence-corrected chi connectivity index (χ3v) is 5.16. The number of imidazole rings is 2. The van der Waals surface area contributed by atoms with Crippen LogP contribution >= 0.6 is 0 Å². The molecule has 0 unspecified atom stereocenters. The summed E-state index contributed by atoms with van der Waals surface area (Å²) in [7, 11) is 0. The Balaban J connectivity index is 1.66. The Labute approximate surface area is 166 Å². The number of hydrogen-bond donors (Lipinski definition) is 2. The Morgan fingerprint density at radius 3 is 2.72 bits per heavy atom. The maximum Gasteiger partial charge on any atom is 0.328 e. The number of aryl methyl sites for hydroxylation is 1. The summed E-state index contributed by atoms with van der Waals surface area (Å²) in [5, 5.41) is 0. The number of rotatable bonds is 5. The van der Waals surface area contributed by atoms with Gasteiger partial charge in [0.05, 0.1) is 12.2 Å². The number of pyridine rings is 1. The summed E-state index contributed by atoms with van der Waals surface area (Å²) in [5.41, 5.74) is 5.20. The van der Waals surface area contributed by atoms with Crippen LogP contribution in [0, 0.1) is 6.92 Å². The van der Waals surface area contributed by atoms with Crippen molar-refractivity contribution in [2.75, 3.05) is 0 Å². The smallest absolute Gasteiger partial charge is 0.328 e. The highest BCUT2D eigenvalue weighted by atomic mass is 16.1. The Bertz CT molecular complexity index is 1290. The summed E-state index contributed by atoms with van der Waals surface area (Å²) in [6.07, 6.45) is 5.99. The van der Waals surface area contributed by atoms with Gasteiger partial charge in [-0.15, -0.1) is 0 Å². The van der Waals surface area contributed by atoms with Gasteiger partial charge in [-0.3, -0.25) is 9.55 Å². The topological polar surface area (TPSA) is 105 Å². The average Bonchev–Trinajstić information content (AvgIpc) is 3.35. The lowest BCUT2D eigenvalue weighted by Crippen LogP contribution is -2.18. The molecule has 146 valence electrons. The van der Waals surface area contributed by atoms with E-state index < -0.39 is 0 Å². The lowest BCUT2D eigenvalue weighted by Gasteiger charge is -2.07. The van der Waals surface area contributed by atoms with Crippen molar-refractivity contribution in [2.45, 2.75) is 39.2 Å². The predicted octanol–water partition coefficient (Wildman–Crippen LogP) is 3.17. The monoisotopic (exact) mass is 387 g/mol. The Morgan fingerprint density at radius 1 is 1.21 bits per heavy atom. The van der Waals surface area contributed by atoms with E-state index in [2.05, 4.69) is 36.5 Å². The number of aromatic amines is 2. The normalized spacial score (nSPS) is 13.9. The quantitative estimate of drug-likeness (QED) is 0.547. The lowest BCUT2D eigenvalue weighted by atomic mass is 10.2. The molecule has 0 bridgehead atoms. The summed E-state index contributed by atoms with van der Waals surface area (Å²) in [5.74, 6) is 1.62. The number of fused-ring (bicyclic) bond motifs is 1. The largest absolute Gasteiger partial charge is 0.339 e. The van der Waals surface area contributed by atoms with Gasteiger partial charge in [0, 0.05) is 29.7 Å². The number of nitrogens with zero attached hydrogens (tertiary/aromatic N) is 5. The van der Waals surface area contributed by atoms with Crippen LogP contribution < -0.4 is 5.69 Å². The molecule has 0 aromatic carbocycles. The van der Waals surface area contributed by atoms with Crippen molar-refractivity contribution in [2.24, 2.45) is 0 Å². The minimum absolute atomic E-state index is 0.243. The molecule has 4 aromatic rings. The highest BCUT2D eigenvalue weighted by Crippen LogP contribution is 2.39. The second-order valence-electron chi connectivity index (χ2n) is 7.66. The Hall–Kier alpha value is -3.55. The molecule has 0 atom stereocenters. The van der Waals surface area contributed by atoms with Crippen LogP contribution in [0.2, 0.25) is 0 Å². The van der Waals surface area contributed by atoms with Crippen molar-refractivity contribution >= 4 is 16.7 Å². The molecule has 2 N–H and O–H groups in total. The molecule has 8 nitrogen and oxygen atoms in total. The van der Waals surface area contributed by atoms with Crippen LogP contribution in [0.3, 0.4) is 0 Å². The minimum atomic E-state index is -0.243. The fourth-order valence-corrected chi connectivity index (χ4v) is 3.42. The van der Waals surface area contributed by atoms with Crippen molar-refractivity contribution in [3.8, 4) is 11.6 Å². The molecule has 0 aliphatic heterocycles. The van der Waals surface area contributed by atoms with Gasteiger partial charge in [0.2, 0.25) is 0 Å². The molecule has 1 fully saturated rings. The fraction of sp³-hybridized carbons (Fsp3) is 0.286. The SMILES string of the molecule is C=C(C)c1nc(-c2ncc(C3CC3)[nH]2)nc2c1[nH]c(=O)n2Cc1ccc(C)nc1. The van der Waals surface area contributed by atoms with E-state index in [4.69, 9.17) is 0 Å². The predicted molar refractivity (Wildman–Crippen MR) is 110 cm³/mol. The molecule has 0 saturated heterocycles. The third-order valence-electron chi connectivity index (χ3n) is 5.16. The first-order chi connectivity index (χ1) is 14.0. The van der Waals surface area contributed by atoms with E-state index in [1.807, 2.05) is 32.2 Å². The number of allylic oxidation sites excluding steroid dienone is 1. The molecule has 29 heavy (non-hydrogen) atoms. The Morgan fingerprint density at radius 2 is 2.03 bits per heavy atom. The van der Waals surface area contributed by atoms with Crippen LogP contribution in [0.1, 0.15) is 48.3 Å². The van der Waals surface area contributed by atoms with Gasteiger partial charge >= 0.3 is 5.69 Å². The van der Waals surface area contributed by atoms with E-state index in [0.717, 1.165) is 22.5 Å². The van der Waals surface area contributed by atoms with E-state index in [9.17, 15) is 4.79 Å². The molecule has 0 radical (unpaired) electrons. The number of H-pyrrole nitrogens is 2. The van der Waals surface area contributed by atoms with Gasteiger partial charge in [-0.25, -0.2) is 19.7 Å². The first kappa shape index (κ1) is 17.5. The molecule has 1 aliphatic rings. The first-order valence-electron chi connectivity index (χ1n) is 9.63. The van der Waals surface area contributed by atoms with Gasteiger partial charge < -0.3 is 9.97 Å². The zero-order valence-corrected chi connectivity index (χ0v) is 16.4. The minimum Gasteiger partial charge on any atom is -0.339 e. The lowest BCUT2D eigenvalue weighted by molar-refractivity contribution is 0.773. The molecular formula is C21H21N7O. The molecule has 1 saturated carbocycles. The fourth-order valence-electron chi connectivity index (χ4n) is 3.42. The van der Waals surface area contributed by atoms with E-state index >= 15 is 0 Å². The van der Waals surface area contributed by atoms with Crippen molar-refractivity contribution < 1.29 is 0 Å². The van der Waals surface area contributed by atoms with Crippen molar-refractivity contribution in [1.82, 2.24) is 34.5 Å². The van der Waals surface area contributed by atoms with E-state index in [1.54, 1.807) is 10.8 Å². The number of hydrogen-bond acceptors (Lipinski definition) is 5. The number of aromatic nitrogens is 7. The molecule has 1 aliphatic carbocycles. The molecular weight excluding hydrogens is 366 g/mol. The summed E-state index contributed by atoms with van der Waals surface area (Å²) in [6, 6.07) is 3.89. The van der Waals surface area contributed by atoms with Crippen LogP contribution in [-0.4, -0.2) is 34.5 Å². The van der Waals surface area contributed by atoms with Crippen LogP contribution in [0.25, 0.3) is 28.4 Å². The van der Waals surface area contributed by atoms with E-state index in [0.29, 0.717) is 41.0 Å². The third kappa shape index (κ3) is 3.16. The van der Waals surface area contributed by atoms with E-state index in [-0.39, 0.29) is 5.69 Å². The maximum absolute atomic E-state index is 12.7. The zero-order chi connectivity index (χ0) is 20.1. The molecule has 4 heterocycles. The first-order valence-corrected chi connectivity index (χ1v) is 9.63. The van der Waals surface area contributed by atoms with Crippen molar-refractivity contribution in [3.05, 3.63) is 64.2 Å². The highest BCUT2D eigenvalue weighted by molar-refractivity contribution is 5.85. The van der Waals surface area contributed by atoms with Gasteiger partial charge in [-0.05, 0) is 43.9 Å². The van der Waals surface area contributed by atoms with Crippen molar-refractivity contribution in [3.63, 3.8) is 0 Å². The molecule has 0 amide bonds. The molecule has 5 rings (SSSR count). The standard InChI is InChI=1S/C21H21N7O/c1-11(2)16-17-20(27-19(25-16)18-23-9-15(24-18)14-6-7-14)28(21(29)26-17)10-13-5-4-12(3)22-8-13/h4-5,8-9,14H,1,6-7,10H2,2-3H3,(H,23,24)(H,26,29). The molecule has 4 aromatic heterocycles. The maximum atomic E-state index is 12.7. The van der Waals surface area contributed by atoms with Crippen LogP contribution in [0.5, 0.6) is 0 Å². The van der Waals surface area contributed by atoms with Gasteiger partial charge in [-0.1, -0.05) is 12.6 Å². The van der Waals surface area contributed by atoms with Gasteiger partial charge in [-0.2, -0.15) is 0 Å². The summed E-state index contributed by atoms with van der Waals surface area (Å²) in [6.45, 7) is 8.18. The zero-order valence-electron chi connectivity index (χ0n) is 16.4. The highest BCUT2D eigenvalue weighted by Gasteiger charge is 2.26. The van der Waals surface area contributed by atoms with Crippen LogP contribution in [-0.2, 0) is 6.54 Å².